The van der Waals surface area contributed by atoms with Crippen molar-refractivity contribution in [3.8, 4) is 11.5 Å². The molecule has 0 spiro atoms. The van der Waals surface area contributed by atoms with Crippen molar-refractivity contribution in [3.63, 3.8) is 0 Å². The van der Waals surface area contributed by atoms with Crippen molar-refractivity contribution in [1.82, 2.24) is 19.9 Å². The largest absolute Gasteiger partial charge is 0.506 e. The van der Waals surface area contributed by atoms with E-state index in [4.69, 9.17) is 28.9 Å². The Morgan fingerprint density at radius 3 is 1.81 bits per heavy atom. The second kappa shape index (κ2) is 20.0. The van der Waals surface area contributed by atoms with Crippen molar-refractivity contribution >= 4 is 62.9 Å². The van der Waals surface area contributed by atoms with Crippen LogP contribution in [0, 0.1) is 37.1 Å². The molecule has 5 N–H and O–H groups in total. The van der Waals surface area contributed by atoms with Crippen LogP contribution >= 0.6 is 23.2 Å². The number of para-hydroxylation sites is 1. The lowest BCUT2D eigenvalue weighted by Crippen LogP contribution is -2.16. The quantitative estimate of drug-likeness (QED) is 0.0982. The Kier molecular flexibility index (Phi) is 14.7. The molecule has 8 rings (SSSR count). The van der Waals surface area contributed by atoms with Crippen molar-refractivity contribution in [2.75, 3.05) is 11.1 Å². The standard InChI is InChI=1S/C22H16ClF2N3O.C9H7NO.C7H4ClFO.C6H7FN2/c1-12-10-18(27-11-17(12)25)28-21(19-15(23)5-2-6-16(19)24)14-8-7-13-4-3-9-26-20(13)22(14)29;11-8-5-1-3-7-4-2-6-10-9(7)8;8-6-2-1-3-7(9)5(6)4-10;1-4-2-6(8)9-3-5(4)7/h2-11,21,29H,1H3,(H,27,28);1-6,11H;1-4H;2-3H,1H3,(H2,8,9). The maximum atomic E-state index is 14.8. The molecule has 0 radical (unpaired) electrons. The van der Waals surface area contributed by atoms with E-state index in [1.54, 1.807) is 62.6 Å². The maximum absolute atomic E-state index is 14.8. The number of nitrogens with two attached hydrogens (primary N) is 1. The summed E-state index contributed by atoms with van der Waals surface area (Å²) in [7, 11) is 0. The van der Waals surface area contributed by atoms with E-state index in [2.05, 4.69) is 25.3 Å². The number of nitrogen functional groups attached to an aromatic ring is 1. The van der Waals surface area contributed by atoms with Gasteiger partial charge in [-0.2, -0.15) is 0 Å². The monoisotopic (exact) mass is 840 g/mol. The van der Waals surface area contributed by atoms with E-state index >= 15 is 0 Å². The van der Waals surface area contributed by atoms with E-state index in [1.165, 1.54) is 42.5 Å². The summed E-state index contributed by atoms with van der Waals surface area (Å²) in [6.07, 6.45) is 5.83. The number of carbonyl (C=O) groups excluding carboxylic acids is 1. The highest BCUT2D eigenvalue weighted by Gasteiger charge is 2.25. The van der Waals surface area contributed by atoms with Gasteiger partial charge in [-0.25, -0.2) is 27.5 Å². The van der Waals surface area contributed by atoms with Crippen molar-refractivity contribution in [2.24, 2.45) is 0 Å². The Bertz CT molecular complexity index is 2700. The number of phenolic OH excluding ortho intramolecular Hbond substituents is 2. The number of rotatable bonds is 5. The molecule has 8 aromatic rings. The summed E-state index contributed by atoms with van der Waals surface area (Å²) in [5.74, 6) is -1.08. The van der Waals surface area contributed by atoms with Gasteiger partial charge < -0.3 is 21.3 Å². The number of fused-ring (bicyclic) bond motifs is 2. The molecule has 300 valence electrons. The summed E-state index contributed by atoms with van der Waals surface area (Å²) in [5.41, 5.74) is 7.63. The molecule has 9 nitrogen and oxygen atoms in total. The van der Waals surface area contributed by atoms with Gasteiger partial charge in [0, 0.05) is 39.3 Å². The van der Waals surface area contributed by atoms with E-state index in [0.29, 0.717) is 45.6 Å². The molecule has 4 aromatic heterocycles. The van der Waals surface area contributed by atoms with E-state index in [-0.39, 0.29) is 38.5 Å². The molecule has 0 amide bonds. The van der Waals surface area contributed by atoms with Gasteiger partial charge in [0.2, 0.25) is 0 Å². The Balaban J connectivity index is 0.000000179. The summed E-state index contributed by atoms with van der Waals surface area (Å²) in [4.78, 5) is 26.0. The fraction of sp³-hybridized carbons (Fsp3) is 0.0682. The first-order valence-electron chi connectivity index (χ1n) is 17.5. The van der Waals surface area contributed by atoms with E-state index in [1.807, 2.05) is 24.3 Å². The second-order valence-corrected chi connectivity index (χ2v) is 13.4. The summed E-state index contributed by atoms with van der Waals surface area (Å²) >= 11 is 11.8. The van der Waals surface area contributed by atoms with Gasteiger partial charge in [-0.3, -0.25) is 14.8 Å². The molecular weight excluding hydrogens is 807 g/mol. The third-order valence-electron chi connectivity index (χ3n) is 8.51. The van der Waals surface area contributed by atoms with Gasteiger partial charge in [0.15, 0.2) is 6.29 Å². The minimum Gasteiger partial charge on any atom is -0.506 e. The number of pyridine rings is 4. The molecule has 0 aliphatic rings. The number of aromatic nitrogens is 4. The number of aromatic hydroxyl groups is 2. The average Bonchev–Trinajstić information content (AvgIpc) is 3.22. The van der Waals surface area contributed by atoms with Crippen LogP contribution in [-0.4, -0.2) is 36.4 Å². The molecule has 4 heterocycles. The number of halogens is 6. The first-order valence-corrected chi connectivity index (χ1v) is 18.2. The highest BCUT2D eigenvalue weighted by atomic mass is 35.5. The lowest BCUT2D eigenvalue weighted by Gasteiger charge is -2.23. The number of carbonyl (C=O) groups is 1. The van der Waals surface area contributed by atoms with Crippen molar-refractivity contribution in [2.45, 2.75) is 19.9 Å². The number of hydrogen-bond donors (Lipinski definition) is 4. The molecule has 0 aliphatic carbocycles. The highest BCUT2D eigenvalue weighted by molar-refractivity contribution is 6.33. The number of nitrogens with one attached hydrogen (secondary N) is 1. The zero-order valence-corrected chi connectivity index (χ0v) is 32.7. The molecule has 59 heavy (non-hydrogen) atoms. The van der Waals surface area contributed by atoms with Crippen LogP contribution in [-0.2, 0) is 0 Å². The van der Waals surface area contributed by atoms with Crippen LogP contribution in [0.4, 0.5) is 29.2 Å². The molecule has 0 saturated heterocycles. The maximum Gasteiger partial charge on any atom is 0.154 e. The predicted molar refractivity (Wildman–Crippen MR) is 223 cm³/mol. The molecule has 1 unspecified atom stereocenters. The molecule has 0 saturated carbocycles. The Hall–Kier alpha value is -6.83. The van der Waals surface area contributed by atoms with Gasteiger partial charge in [-0.05, 0) is 79.6 Å². The Morgan fingerprint density at radius 1 is 0.661 bits per heavy atom. The topological polar surface area (TPSA) is 147 Å². The van der Waals surface area contributed by atoms with Gasteiger partial charge in [-0.1, -0.05) is 71.7 Å². The predicted octanol–water partition coefficient (Wildman–Crippen LogP) is 11.1. The smallest absolute Gasteiger partial charge is 0.154 e. The highest BCUT2D eigenvalue weighted by Crippen LogP contribution is 2.39. The molecule has 15 heteroatoms. The zero-order chi connectivity index (χ0) is 42.6. The molecule has 0 aliphatic heterocycles. The summed E-state index contributed by atoms with van der Waals surface area (Å²) in [5, 5.41) is 25.3. The third-order valence-corrected chi connectivity index (χ3v) is 9.17. The fourth-order valence-corrected chi connectivity index (χ4v) is 5.99. The van der Waals surface area contributed by atoms with Gasteiger partial charge in [0.1, 0.15) is 57.4 Å². The van der Waals surface area contributed by atoms with Crippen LogP contribution in [0.5, 0.6) is 11.5 Å². The van der Waals surface area contributed by atoms with Gasteiger partial charge in [0.05, 0.1) is 29.0 Å². The van der Waals surface area contributed by atoms with Crippen LogP contribution in [0.15, 0.2) is 128 Å². The minimum atomic E-state index is -0.882. The first kappa shape index (κ1) is 43.3. The van der Waals surface area contributed by atoms with E-state index in [9.17, 15) is 32.6 Å². The summed E-state index contributed by atoms with van der Waals surface area (Å²) < 4.78 is 53.3. The third kappa shape index (κ3) is 11.0. The SMILES string of the molecule is Cc1cc(N)ncc1F.Cc1cc(NC(c2ccc3cccnc3c2O)c2c(F)cccc2Cl)ncc1F.O=Cc1c(F)cccc1Cl.Oc1cccc2cccnc12. The number of benzene rings is 4. The first-order chi connectivity index (χ1) is 28.3. The molecule has 1 atom stereocenters. The van der Waals surface area contributed by atoms with Crippen LogP contribution < -0.4 is 11.1 Å². The van der Waals surface area contributed by atoms with Gasteiger partial charge in [-0.15, -0.1) is 0 Å². The van der Waals surface area contributed by atoms with Crippen LogP contribution in [0.1, 0.15) is 38.7 Å². The lowest BCUT2D eigenvalue weighted by atomic mass is 9.95. The number of phenols is 2. The number of anilines is 2. The van der Waals surface area contributed by atoms with Crippen LogP contribution in [0.2, 0.25) is 10.0 Å². The molecule has 4 aromatic carbocycles. The van der Waals surface area contributed by atoms with Crippen molar-refractivity contribution in [1.29, 1.82) is 0 Å². The normalized spacial score (nSPS) is 10.9. The zero-order valence-electron chi connectivity index (χ0n) is 31.2. The second-order valence-electron chi connectivity index (χ2n) is 12.6. The Morgan fingerprint density at radius 2 is 1.24 bits per heavy atom. The summed E-state index contributed by atoms with van der Waals surface area (Å²) in [6, 6.07) is 26.7. The number of hydrogen-bond acceptors (Lipinski definition) is 9. The molecule has 0 bridgehead atoms. The van der Waals surface area contributed by atoms with Gasteiger partial charge in [0.25, 0.3) is 0 Å². The Labute approximate surface area is 345 Å². The summed E-state index contributed by atoms with van der Waals surface area (Å²) in [6.45, 7) is 3.25. The molecular formula is C44H34Cl2F4N6O3. The van der Waals surface area contributed by atoms with Crippen LogP contribution in [0.25, 0.3) is 21.8 Å². The van der Waals surface area contributed by atoms with Crippen molar-refractivity contribution in [3.05, 3.63) is 189 Å². The van der Waals surface area contributed by atoms with Gasteiger partial charge >= 0.3 is 0 Å². The fourth-order valence-electron chi connectivity index (χ4n) is 5.51. The lowest BCUT2D eigenvalue weighted by molar-refractivity contribution is 0.112. The minimum absolute atomic E-state index is 0.0795. The van der Waals surface area contributed by atoms with E-state index < -0.39 is 23.5 Å². The van der Waals surface area contributed by atoms with Crippen molar-refractivity contribution < 1.29 is 32.6 Å². The molecule has 0 fully saturated rings. The number of nitrogens with zero attached hydrogens (tertiary/aromatic N) is 4. The number of aldehydes is 1. The van der Waals surface area contributed by atoms with E-state index in [0.717, 1.165) is 23.2 Å². The van der Waals surface area contributed by atoms with Crippen LogP contribution in [0.3, 0.4) is 0 Å². The average molecular weight is 842 g/mol. The number of aryl methyl sites for hydroxylation is 2.